The van der Waals surface area contributed by atoms with Crippen LogP contribution in [0.25, 0.3) is 10.9 Å². The third-order valence-corrected chi connectivity index (χ3v) is 3.64. The van der Waals surface area contributed by atoms with Gasteiger partial charge in [0, 0.05) is 16.9 Å². The average molecular weight is 280 g/mol. The highest BCUT2D eigenvalue weighted by Gasteiger charge is 2.17. The number of hydrogen-bond acceptors (Lipinski definition) is 2. The van der Waals surface area contributed by atoms with Gasteiger partial charge < -0.3 is 4.74 Å². The normalized spacial score (nSPS) is 11.7. The molecule has 3 heteroatoms. The summed E-state index contributed by atoms with van der Waals surface area (Å²) < 4.78 is 5.88. The van der Waals surface area contributed by atoms with Crippen molar-refractivity contribution < 1.29 is 4.74 Å². The van der Waals surface area contributed by atoms with Crippen LogP contribution in [-0.4, -0.2) is 15.9 Å². The lowest BCUT2D eigenvalue weighted by Crippen LogP contribution is -2.29. The van der Waals surface area contributed by atoms with Gasteiger partial charge in [0.2, 0.25) is 0 Å². The Balaban J connectivity index is 2.33. The minimum atomic E-state index is -0.199. The molecular weight excluding hydrogens is 266 g/mol. The Morgan fingerprint density at radius 3 is 2.88 bits per heavy atom. The molecule has 0 aliphatic carbocycles. The number of halogens is 1. The summed E-state index contributed by atoms with van der Waals surface area (Å²) in [7, 11) is 0. The number of aromatic nitrogens is 1. The number of ether oxygens (including phenoxy) is 1. The van der Waals surface area contributed by atoms with Crippen molar-refractivity contribution in [2.75, 3.05) is 5.33 Å². The summed E-state index contributed by atoms with van der Waals surface area (Å²) in [6.45, 7) is 4.10. The highest BCUT2D eigenvalue weighted by molar-refractivity contribution is 9.09. The Kier molecular flexibility index (Phi) is 3.15. The van der Waals surface area contributed by atoms with Gasteiger partial charge in [0.05, 0.1) is 5.52 Å². The molecule has 0 saturated carbocycles. The van der Waals surface area contributed by atoms with Crippen LogP contribution in [0.1, 0.15) is 13.8 Å². The molecule has 1 heterocycles. The highest BCUT2D eigenvalue weighted by Crippen LogP contribution is 2.23. The van der Waals surface area contributed by atoms with Gasteiger partial charge in [-0.2, -0.15) is 0 Å². The molecule has 0 bridgehead atoms. The standard InChI is InChI=1S/C13H14BrNO/c1-13(2,9-14)16-11-5-6-12-10(8-11)4-3-7-15-12/h3-8H,9H2,1-2H3. The smallest absolute Gasteiger partial charge is 0.120 e. The first-order valence-electron chi connectivity index (χ1n) is 5.20. The molecule has 0 spiro atoms. The number of fused-ring (bicyclic) bond motifs is 1. The van der Waals surface area contributed by atoms with E-state index >= 15 is 0 Å². The van der Waals surface area contributed by atoms with Crippen LogP contribution < -0.4 is 4.74 Å². The summed E-state index contributed by atoms with van der Waals surface area (Å²) >= 11 is 3.44. The van der Waals surface area contributed by atoms with E-state index in [1.807, 2.05) is 30.3 Å². The SMILES string of the molecule is CC(C)(CBr)Oc1ccc2ncccc2c1. The molecule has 0 amide bonds. The fourth-order valence-electron chi connectivity index (χ4n) is 1.46. The van der Waals surface area contributed by atoms with Crippen molar-refractivity contribution in [1.82, 2.24) is 4.98 Å². The first-order valence-corrected chi connectivity index (χ1v) is 6.33. The van der Waals surface area contributed by atoms with Gasteiger partial charge in [-0.1, -0.05) is 22.0 Å². The van der Waals surface area contributed by atoms with Gasteiger partial charge in [0.1, 0.15) is 11.4 Å². The largest absolute Gasteiger partial charge is 0.487 e. The fraction of sp³-hybridized carbons (Fsp3) is 0.308. The predicted molar refractivity (Wildman–Crippen MR) is 70.2 cm³/mol. The van der Waals surface area contributed by atoms with Crippen molar-refractivity contribution in [3.63, 3.8) is 0 Å². The highest BCUT2D eigenvalue weighted by atomic mass is 79.9. The molecule has 2 aromatic rings. The number of nitrogens with zero attached hydrogens (tertiary/aromatic N) is 1. The molecule has 84 valence electrons. The minimum absolute atomic E-state index is 0.199. The lowest BCUT2D eigenvalue weighted by Gasteiger charge is -2.24. The third-order valence-electron chi connectivity index (χ3n) is 2.29. The number of alkyl halides is 1. The molecule has 2 rings (SSSR count). The van der Waals surface area contributed by atoms with Crippen LogP contribution in [0.5, 0.6) is 5.75 Å². The van der Waals surface area contributed by atoms with Gasteiger partial charge in [0.15, 0.2) is 0 Å². The second kappa shape index (κ2) is 4.42. The second-order valence-corrected chi connectivity index (χ2v) is 4.91. The second-order valence-electron chi connectivity index (χ2n) is 4.35. The topological polar surface area (TPSA) is 22.1 Å². The maximum absolute atomic E-state index is 5.88. The molecule has 0 aliphatic rings. The molecule has 0 radical (unpaired) electrons. The van der Waals surface area contributed by atoms with Crippen molar-refractivity contribution in [1.29, 1.82) is 0 Å². The average Bonchev–Trinajstić information content (AvgIpc) is 2.28. The monoisotopic (exact) mass is 279 g/mol. The Labute approximate surface area is 104 Å². The summed E-state index contributed by atoms with van der Waals surface area (Å²) in [5, 5.41) is 1.90. The molecule has 2 nitrogen and oxygen atoms in total. The van der Waals surface area contributed by atoms with Crippen molar-refractivity contribution >= 4 is 26.8 Å². The lowest BCUT2D eigenvalue weighted by molar-refractivity contribution is 0.137. The molecule has 0 saturated heterocycles. The van der Waals surface area contributed by atoms with Crippen molar-refractivity contribution in [2.24, 2.45) is 0 Å². The zero-order valence-corrected chi connectivity index (χ0v) is 11.0. The van der Waals surface area contributed by atoms with Gasteiger partial charge in [-0.15, -0.1) is 0 Å². The molecule has 1 aromatic carbocycles. The van der Waals surface area contributed by atoms with Gasteiger partial charge in [-0.05, 0) is 38.1 Å². The van der Waals surface area contributed by atoms with Crippen LogP contribution in [0.15, 0.2) is 36.5 Å². The van der Waals surface area contributed by atoms with Gasteiger partial charge in [-0.25, -0.2) is 0 Å². The van der Waals surface area contributed by atoms with E-state index in [2.05, 4.69) is 34.8 Å². The molecule has 0 atom stereocenters. The molecule has 0 N–H and O–H groups in total. The summed E-state index contributed by atoms with van der Waals surface area (Å²) in [4.78, 5) is 4.27. The molecule has 0 fully saturated rings. The Bertz CT molecular complexity index is 496. The fourth-order valence-corrected chi connectivity index (χ4v) is 1.58. The number of hydrogen-bond donors (Lipinski definition) is 0. The quantitative estimate of drug-likeness (QED) is 0.798. The Hall–Kier alpha value is -1.09. The van der Waals surface area contributed by atoms with E-state index in [4.69, 9.17) is 4.74 Å². The van der Waals surface area contributed by atoms with Crippen molar-refractivity contribution in [2.45, 2.75) is 19.4 Å². The minimum Gasteiger partial charge on any atom is -0.487 e. The lowest BCUT2D eigenvalue weighted by atomic mass is 10.1. The summed E-state index contributed by atoms with van der Waals surface area (Å²) in [5.74, 6) is 0.880. The van der Waals surface area contributed by atoms with Crippen LogP contribution in [0.2, 0.25) is 0 Å². The number of pyridine rings is 1. The maximum Gasteiger partial charge on any atom is 0.120 e. The first-order chi connectivity index (χ1) is 7.61. The number of benzene rings is 1. The Morgan fingerprint density at radius 2 is 2.12 bits per heavy atom. The van der Waals surface area contributed by atoms with Crippen LogP contribution in [0, 0.1) is 0 Å². The number of rotatable bonds is 3. The Morgan fingerprint density at radius 1 is 1.31 bits per heavy atom. The zero-order valence-electron chi connectivity index (χ0n) is 9.40. The third kappa shape index (κ3) is 2.53. The summed E-state index contributed by atoms with van der Waals surface area (Å²) in [5.41, 5.74) is 0.794. The molecule has 16 heavy (non-hydrogen) atoms. The summed E-state index contributed by atoms with van der Waals surface area (Å²) in [6.07, 6.45) is 1.80. The first kappa shape index (κ1) is 11.4. The van der Waals surface area contributed by atoms with E-state index in [1.54, 1.807) is 6.20 Å². The zero-order chi connectivity index (χ0) is 11.6. The van der Waals surface area contributed by atoms with Crippen LogP contribution in [-0.2, 0) is 0 Å². The van der Waals surface area contributed by atoms with E-state index in [-0.39, 0.29) is 5.60 Å². The van der Waals surface area contributed by atoms with Crippen LogP contribution >= 0.6 is 15.9 Å². The predicted octanol–water partition coefficient (Wildman–Crippen LogP) is 3.79. The van der Waals surface area contributed by atoms with Crippen molar-refractivity contribution in [3.8, 4) is 5.75 Å². The van der Waals surface area contributed by atoms with Crippen LogP contribution in [0.4, 0.5) is 0 Å². The maximum atomic E-state index is 5.88. The van der Waals surface area contributed by atoms with E-state index in [1.165, 1.54) is 0 Å². The molecule has 0 aliphatic heterocycles. The van der Waals surface area contributed by atoms with E-state index in [0.717, 1.165) is 22.0 Å². The van der Waals surface area contributed by atoms with Crippen molar-refractivity contribution in [3.05, 3.63) is 36.5 Å². The molecular formula is C13H14BrNO. The summed E-state index contributed by atoms with van der Waals surface area (Å²) in [6, 6.07) is 9.93. The van der Waals surface area contributed by atoms with Crippen LogP contribution in [0.3, 0.4) is 0 Å². The van der Waals surface area contributed by atoms with Gasteiger partial charge in [0.25, 0.3) is 0 Å². The van der Waals surface area contributed by atoms with Gasteiger partial charge in [-0.3, -0.25) is 4.98 Å². The van der Waals surface area contributed by atoms with E-state index in [9.17, 15) is 0 Å². The van der Waals surface area contributed by atoms with Gasteiger partial charge >= 0.3 is 0 Å². The van der Waals surface area contributed by atoms with E-state index in [0.29, 0.717) is 0 Å². The molecule has 1 aromatic heterocycles. The van der Waals surface area contributed by atoms with E-state index < -0.39 is 0 Å². The molecule has 0 unspecified atom stereocenters.